The third-order valence-corrected chi connectivity index (χ3v) is 1.97. The van der Waals surface area contributed by atoms with Crippen LogP contribution in [0, 0.1) is 11.3 Å². The van der Waals surface area contributed by atoms with Crippen LogP contribution in [0.5, 0.6) is 11.5 Å². The summed E-state index contributed by atoms with van der Waals surface area (Å²) in [4.78, 5) is 11.4. The molecule has 19 heavy (non-hydrogen) atoms. The number of hydrogen-bond donors (Lipinski definition) is 1. The van der Waals surface area contributed by atoms with Crippen LogP contribution in [0.2, 0.25) is 0 Å². The summed E-state index contributed by atoms with van der Waals surface area (Å²) in [6.07, 6.45) is -5.02. The van der Waals surface area contributed by atoms with Crippen LogP contribution in [0.15, 0.2) is 12.1 Å². The van der Waals surface area contributed by atoms with Gasteiger partial charge in [0.25, 0.3) is 0 Å². The van der Waals surface area contributed by atoms with Gasteiger partial charge in [-0.25, -0.2) is 4.79 Å². The van der Waals surface area contributed by atoms with Crippen molar-refractivity contribution in [3.8, 4) is 17.6 Å². The van der Waals surface area contributed by atoms with Crippen molar-refractivity contribution in [2.75, 3.05) is 6.61 Å². The van der Waals surface area contributed by atoms with E-state index in [0.29, 0.717) is 0 Å². The van der Waals surface area contributed by atoms with E-state index in [-0.39, 0.29) is 12.2 Å². The first-order valence-corrected chi connectivity index (χ1v) is 4.99. The maximum Gasteiger partial charge on any atom is 0.573 e. The summed E-state index contributed by atoms with van der Waals surface area (Å²) >= 11 is 0. The Morgan fingerprint density at radius 3 is 2.58 bits per heavy atom. The minimum atomic E-state index is -5.02. The van der Waals surface area contributed by atoms with E-state index in [4.69, 9.17) is 5.26 Å². The molecule has 8 heteroatoms. The second-order valence-electron chi connectivity index (χ2n) is 3.21. The first kappa shape index (κ1) is 14.6. The minimum Gasteiger partial charge on any atom is -0.503 e. The Morgan fingerprint density at radius 1 is 1.47 bits per heavy atom. The van der Waals surface area contributed by atoms with Gasteiger partial charge < -0.3 is 14.6 Å². The number of rotatable bonds is 3. The van der Waals surface area contributed by atoms with Gasteiger partial charge in [-0.2, -0.15) is 5.26 Å². The Morgan fingerprint density at radius 2 is 2.11 bits per heavy atom. The van der Waals surface area contributed by atoms with E-state index in [9.17, 15) is 23.1 Å². The highest BCUT2D eigenvalue weighted by atomic mass is 19.4. The van der Waals surface area contributed by atoms with Gasteiger partial charge in [-0.1, -0.05) is 0 Å². The summed E-state index contributed by atoms with van der Waals surface area (Å²) in [6, 6.07) is 3.08. The molecular formula is C11H8F3NO4. The van der Waals surface area contributed by atoms with Crippen molar-refractivity contribution in [2.45, 2.75) is 13.3 Å². The molecule has 0 aliphatic rings. The van der Waals surface area contributed by atoms with Crippen molar-refractivity contribution in [1.29, 1.82) is 5.26 Å². The van der Waals surface area contributed by atoms with Crippen LogP contribution < -0.4 is 4.74 Å². The molecular weight excluding hydrogens is 267 g/mol. The molecule has 0 radical (unpaired) electrons. The molecule has 1 aromatic carbocycles. The van der Waals surface area contributed by atoms with E-state index in [1.807, 2.05) is 0 Å². The Labute approximate surface area is 105 Å². The summed E-state index contributed by atoms with van der Waals surface area (Å²) in [5.41, 5.74) is -0.975. The normalized spacial score (nSPS) is 10.7. The van der Waals surface area contributed by atoms with Crippen molar-refractivity contribution in [1.82, 2.24) is 0 Å². The SMILES string of the molecule is CCOC(=O)c1ccc(OC(F)(F)F)c(O)c1C#N. The number of ether oxygens (including phenoxy) is 2. The molecule has 0 unspecified atom stereocenters. The Kier molecular flexibility index (Phi) is 4.22. The molecule has 0 spiro atoms. The second kappa shape index (κ2) is 5.48. The molecule has 0 saturated heterocycles. The molecule has 0 aromatic heterocycles. The first-order valence-electron chi connectivity index (χ1n) is 4.99. The quantitative estimate of drug-likeness (QED) is 0.856. The largest absolute Gasteiger partial charge is 0.573 e. The number of carbonyl (C=O) groups excluding carboxylic acids is 1. The number of halogens is 3. The number of phenols is 1. The summed E-state index contributed by atoms with van der Waals surface area (Å²) in [5.74, 6) is -2.95. The standard InChI is InChI=1S/C11H8F3NO4/c1-2-18-10(17)6-3-4-8(19-11(12,13)14)9(16)7(6)5-15/h3-4,16H,2H2,1H3. The van der Waals surface area contributed by atoms with E-state index in [1.165, 1.54) is 13.0 Å². The van der Waals surface area contributed by atoms with Gasteiger partial charge in [-0.15, -0.1) is 13.2 Å². The number of aromatic hydroxyl groups is 1. The lowest BCUT2D eigenvalue weighted by Crippen LogP contribution is -2.17. The van der Waals surface area contributed by atoms with Gasteiger partial charge in [0.2, 0.25) is 0 Å². The van der Waals surface area contributed by atoms with E-state index in [1.54, 1.807) is 0 Å². The van der Waals surface area contributed by atoms with Crippen LogP contribution in [-0.4, -0.2) is 24.0 Å². The topological polar surface area (TPSA) is 79.6 Å². The van der Waals surface area contributed by atoms with Crippen molar-refractivity contribution in [3.63, 3.8) is 0 Å². The third kappa shape index (κ3) is 3.51. The van der Waals surface area contributed by atoms with Crippen LogP contribution in [0.1, 0.15) is 22.8 Å². The summed E-state index contributed by atoms with van der Waals surface area (Å²) in [5, 5.41) is 18.3. The molecule has 0 saturated carbocycles. The highest BCUT2D eigenvalue weighted by Gasteiger charge is 2.33. The highest BCUT2D eigenvalue weighted by molar-refractivity contribution is 5.93. The van der Waals surface area contributed by atoms with Crippen molar-refractivity contribution in [3.05, 3.63) is 23.3 Å². The van der Waals surface area contributed by atoms with Gasteiger partial charge in [0, 0.05) is 0 Å². The first-order chi connectivity index (χ1) is 8.80. The molecule has 1 rings (SSSR count). The average Bonchev–Trinajstić information content (AvgIpc) is 2.30. The maximum absolute atomic E-state index is 12.0. The van der Waals surface area contributed by atoms with Crippen LogP contribution in [0.25, 0.3) is 0 Å². The zero-order valence-electron chi connectivity index (χ0n) is 9.61. The van der Waals surface area contributed by atoms with E-state index in [0.717, 1.165) is 12.1 Å². The van der Waals surface area contributed by atoms with E-state index >= 15 is 0 Å². The van der Waals surface area contributed by atoms with Gasteiger partial charge in [0.1, 0.15) is 11.6 Å². The van der Waals surface area contributed by atoms with Crippen LogP contribution in [-0.2, 0) is 4.74 Å². The molecule has 0 atom stereocenters. The molecule has 0 heterocycles. The molecule has 0 fully saturated rings. The number of carbonyl (C=O) groups is 1. The van der Waals surface area contributed by atoms with Crippen LogP contribution >= 0.6 is 0 Å². The Hall–Kier alpha value is -2.43. The predicted octanol–water partition coefficient (Wildman–Crippen LogP) is 2.34. The lowest BCUT2D eigenvalue weighted by molar-refractivity contribution is -0.275. The lowest BCUT2D eigenvalue weighted by Gasteiger charge is -2.12. The molecule has 1 N–H and O–H groups in total. The molecule has 1 aromatic rings. The molecule has 0 aliphatic heterocycles. The molecule has 0 amide bonds. The maximum atomic E-state index is 12.0. The predicted molar refractivity (Wildman–Crippen MR) is 55.5 cm³/mol. The fraction of sp³-hybridized carbons (Fsp3) is 0.273. The van der Waals surface area contributed by atoms with Crippen molar-refractivity contribution >= 4 is 5.97 Å². The number of nitriles is 1. The van der Waals surface area contributed by atoms with Gasteiger partial charge in [0.15, 0.2) is 11.5 Å². The fourth-order valence-electron chi connectivity index (χ4n) is 1.27. The number of benzene rings is 1. The third-order valence-electron chi connectivity index (χ3n) is 1.97. The van der Waals surface area contributed by atoms with Gasteiger partial charge in [-0.05, 0) is 19.1 Å². The molecule has 5 nitrogen and oxygen atoms in total. The van der Waals surface area contributed by atoms with E-state index in [2.05, 4.69) is 9.47 Å². The number of nitrogens with zero attached hydrogens (tertiary/aromatic N) is 1. The van der Waals surface area contributed by atoms with Crippen molar-refractivity contribution in [2.24, 2.45) is 0 Å². The van der Waals surface area contributed by atoms with Gasteiger partial charge in [0.05, 0.1) is 12.2 Å². The second-order valence-corrected chi connectivity index (χ2v) is 3.21. The van der Waals surface area contributed by atoms with Crippen molar-refractivity contribution < 1.29 is 32.5 Å². The molecule has 0 bridgehead atoms. The monoisotopic (exact) mass is 275 g/mol. The number of esters is 1. The highest BCUT2D eigenvalue weighted by Crippen LogP contribution is 2.35. The smallest absolute Gasteiger partial charge is 0.503 e. The average molecular weight is 275 g/mol. The van der Waals surface area contributed by atoms with Gasteiger partial charge in [-0.3, -0.25) is 0 Å². The Bertz CT molecular complexity index is 534. The fourth-order valence-corrected chi connectivity index (χ4v) is 1.27. The van der Waals surface area contributed by atoms with Crippen LogP contribution in [0.3, 0.4) is 0 Å². The molecule has 0 aliphatic carbocycles. The van der Waals surface area contributed by atoms with E-state index < -0.39 is 29.4 Å². The lowest BCUT2D eigenvalue weighted by atomic mass is 10.1. The summed E-state index contributed by atoms with van der Waals surface area (Å²) in [6.45, 7) is 1.54. The minimum absolute atomic E-state index is 0.0191. The zero-order chi connectivity index (χ0) is 14.6. The zero-order valence-corrected chi connectivity index (χ0v) is 9.61. The van der Waals surface area contributed by atoms with Gasteiger partial charge >= 0.3 is 12.3 Å². The molecule has 102 valence electrons. The number of phenolic OH excluding ortho intramolecular Hbond substituents is 1. The number of alkyl halides is 3. The summed E-state index contributed by atoms with van der Waals surface area (Å²) in [7, 11) is 0. The summed E-state index contributed by atoms with van der Waals surface area (Å²) < 4.78 is 44.2. The number of hydrogen-bond acceptors (Lipinski definition) is 5. The Balaban J connectivity index is 3.24. The van der Waals surface area contributed by atoms with Crippen LogP contribution in [0.4, 0.5) is 13.2 Å².